The van der Waals surface area contributed by atoms with Gasteiger partial charge >= 0.3 is 5.97 Å². The molecule has 1 aromatic carbocycles. The number of aromatic nitrogens is 2. The monoisotopic (exact) mass is 280 g/mol. The number of hydrogen-bond donors (Lipinski definition) is 2. The van der Waals surface area contributed by atoms with Crippen molar-refractivity contribution in [2.24, 2.45) is 0 Å². The number of imidazole rings is 1. The zero-order valence-electron chi connectivity index (χ0n) is 10.8. The molecule has 0 aliphatic rings. The third-order valence-corrected chi connectivity index (χ3v) is 4.43. The summed E-state index contributed by atoms with van der Waals surface area (Å²) in [5.41, 5.74) is 1.78. The van der Waals surface area contributed by atoms with E-state index in [1.165, 1.54) is 0 Å². The second kappa shape index (κ2) is 5.63. The zero-order valence-corrected chi connectivity index (χ0v) is 11.6. The molecule has 102 valence electrons. The highest BCUT2D eigenvalue weighted by Gasteiger charge is 2.19. The Morgan fingerprint density at radius 1 is 1.53 bits per heavy atom. The molecule has 6 heteroatoms. The molecular weight excluding hydrogens is 264 g/mol. The van der Waals surface area contributed by atoms with Gasteiger partial charge in [0.1, 0.15) is 0 Å². The lowest BCUT2D eigenvalue weighted by molar-refractivity contribution is 0.0697. The molecule has 2 atom stereocenters. The highest BCUT2D eigenvalue weighted by atomic mass is 32.2. The van der Waals surface area contributed by atoms with Gasteiger partial charge in [0.25, 0.3) is 0 Å². The van der Waals surface area contributed by atoms with Crippen molar-refractivity contribution in [3.8, 4) is 0 Å². The van der Waals surface area contributed by atoms with E-state index in [0.29, 0.717) is 0 Å². The van der Waals surface area contributed by atoms with Gasteiger partial charge in [-0.25, -0.2) is 9.78 Å². The number of thioether (sulfide) groups is 1. The van der Waals surface area contributed by atoms with Crippen LogP contribution in [-0.2, 0) is 0 Å². The predicted molar refractivity (Wildman–Crippen MR) is 75.8 cm³/mol. The van der Waals surface area contributed by atoms with Crippen molar-refractivity contribution in [1.82, 2.24) is 9.55 Å². The summed E-state index contributed by atoms with van der Waals surface area (Å²) in [4.78, 5) is 15.3. The first kappa shape index (κ1) is 13.9. The molecule has 0 aliphatic carbocycles. The molecule has 0 fully saturated rings. The smallest absolute Gasteiger partial charge is 0.335 e. The van der Waals surface area contributed by atoms with Crippen LogP contribution < -0.4 is 0 Å². The van der Waals surface area contributed by atoms with Crippen LogP contribution in [0.1, 0.15) is 23.3 Å². The number of aliphatic hydroxyl groups excluding tert-OH is 1. The number of carbonyl (C=O) groups is 1. The van der Waals surface area contributed by atoms with Gasteiger partial charge in [-0.2, -0.15) is 11.8 Å². The van der Waals surface area contributed by atoms with Crippen molar-refractivity contribution in [1.29, 1.82) is 0 Å². The number of carboxylic acids is 1. The highest BCUT2D eigenvalue weighted by Crippen LogP contribution is 2.26. The lowest BCUT2D eigenvalue weighted by Crippen LogP contribution is -2.21. The molecule has 2 aromatic rings. The van der Waals surface area contributed by atoms with E-state index in [9.17, 15) is 9.90 Å². The Balaban J connectivity index is 2.48. The molecule has 2 rings (SSSR count). The summed E-state index contributed by atoms with van der Waals surface area (Å²) < 4.78 is 1.92. The molecule has 5 nitrogen and oxygen atoms in total. The molecule has 0 radical (unpaired) electrons. The fourth-order valence-electron chi connectivity index (χ4n) is 2.09. The number of carboxylic acid groups (broad SMARTS) is 1. The van der Waals surface area contributed by atoms with Gasteiger partial charge in [-0.05, 0) is 31.4 Å². The van der Waals surface area contributed by atoms with E-state index in [0.717, 1.165) is 11.0 Å². The summed E-state index contributed by atoms with van der Waals surface area (Å²) in [6.45, 7) is 2.06. The minimum Gasteiger partial charge on any atom is -0.478 e. The Bertz CT molecular complexity index is 593. The topological polar surface area (TPSA) is 75.3 Å². The van der Waals surface area contributed by atoms with Gasteiger partial charge in [0.2, 0.25) is 0 Å². The number of benzene rings is 1. The number of hydrogen-bond acceptors (Lipinski definition) is 4. The number of aromatic carboxylic acids is 1. The maximum absolute atomic E-state index is 11.0. The lowest BCUT2D eigenvalue weighted by Gasteiger charge is -2.22. The normalized spacial score (nSPS) is 14.5. The lowest BCUT2D eigenvalue weighted by atomic mass is 10.2. The molecule has 1 aromatic heterocycles. The molecule has 1 heterocycles. The fourth-order valence-corrected chi connectivity index (χ4v) is 2.76. The molecule has 0 spiro atoms. The summed E-state index contributed by atoms with van der Waals surface area (Å²) in [6.07, 6.45) is 3.64. The summed E-state index contributed by atoms with van der Waals surface area (Å²) in [7, 11) is 0. The standard InChI is InChI=1S/C13H16N2O3S/c1-8(12(6-16)19-2)15-7-14-10-4-3-9(13(17)18)5-11(10)15/h3-5,7-8,12,16H,6H2,1-2H3,(H,17,18). The van der Waals surface area contributed by atoms with E-state index >= 15 is 0 Å². The van der Waals surface area contributed by atoms with Gasteiger partial charge in [-0.15, -0.1) is 0 Å². The number of nitrogens with zero attached hydrogens (tertiary/aromatic N) is 2. The van der Waals surface area contributed by atoms with Crippen LogP contribution in [0.15, 0.2) is 24.5 Å². The van der Waals surface area contributed by atoms with E-state index in [1.807, 2.05) is 17.7 Å². The van der Waals surface area contributed by atoms with Crippen LogP contribution in [0.25, 0.3) is 11.0 Å². The Kier molecular flexibility index (Phi) is 4.11. The molecule has 0 aliphatic heterocycles. The van der Waals surface area contributed by atoms with Gasteiger partial charge in [0.05, 0.1) is 29.5 Å². The third-order valence-electron chi connectivity index (χ3n) is 3.28. The van der Waals surface area contributed by atoms with Crippen molar-refractivity contribution in [2.75, 3.05) is 12.9 Å². The van der Waals surface area contributed by atoms with E-state index in [1.54, 1.807) is 36.3 Å². The SMILES string of the molecule is CSC(CO)C(C)n1cnc2ccc(C(=O)O)cc21. The first-order chi connectivity index (χ1) is 9.08. The average molecular weight is 280 g/mol. The van der Waals surface area contributed by atoms with Gasteiger partial charge in [-0.3, -0.25) is 0 Å². The maximum atomic E-state index is 11.0. The first-order valence-electron chi connectivity index (χ1n) is 5.92. The highest BCUT2D eigenvalue weighted by molar-refractivity contribution is 7.99. The van der Waals surface area contributed by atoms with Gasteiger partial charge in [0.15, 0.2) is 0 Å². The minimum absolute atomic E-state index is 0.0362. The Morgan fingerprint density at radius 2 is 2.26 bits per heavy atom. The van der Waals surface area contributed by atoms with Crippen molar-refractivity contribution >= 4 is 28.8 Å². The molecule has 0 amide bonds. The number of aliphatic hydroxyl groups is 1. The fraction of sp³-hybridized carbons (Fsp3) is 0.385. The predicted octanol–water partition coefficient (Wildman–Crippen LogP) is 2.02. The second-order valence-electron chi connectivity index (χ2n) is 4.36. The minimum atomic E-state index is -0.953. The van der Waals surface area contributed by atoms with Crippen LogP contribution in [0.5, 0.6) is 0 Å². The Morgan fingerprint density at radius 3 is 2.84 bits per heavy atom. The van der Waals surface area contributed by atoms with Crippen molar-refractivity contribution < 1.29 is 15.0 Å². The van der Waals surface area contributed by atoms with Gasteiger partial charge < -0.3 is 14.8 Å². The number of rotatable bonds is 5. The molecule has 0 bridgehead atoms. The molecule has 0 saturated carbocycles. The van der Waals surface area contributed by atoms with Crippen LogP contribution in [-0.4, -0.2) is 43.8 Å². The van der Waals surface area contributed by atoms with Gasteiger partial charge in [-0.1, -0.05) is 0 Å². The van der Waals surface area contributed by atoms with E-state index in [4.69, 9.17) is 5.11 Å². The van der Waals surface area contributed by atoms with E-state index in [2.05, 4.69) is 4.98 Å². The molecule has 2 N–H and O–H groups in total. The molecule has 2 unspecified atom stereocenters. The van der Waals surface area contributed by atoms with Crippen LogP contribution in [0, 0.1) is 0 Å². The van der Waals surface area contributed by atoms with Crippen molar-refractivity contribution in [2.45, 2.75) is 18.2 Å². The summed E-state index contributed by atoms with van der Waals surface area (Å²) in [6, 6.07) is 4.91. The Hall–Kier alpha value is -1.53. The van der Waals surface area contributed by atoms with E-state index < -0.39 is 5.97 Å². The average Bonchev–Trinajstić information content (AvgIpc) is 2.82. The summed E-state index contributed by atoms with van der Waals surface area (Å²) in [5, 5.41) is 18.4. The molecule has 19 heavy (non-hydrogen) atoms. The van der Waals surface area contributed by atoms with Crippen LogP contribution in [0.4, 0.5) is 0 Å². The van der Waals surface area contributed by atoms with Crippen LogP contribution in [0.3, 0.4) is 0 Å². The van der Waals surface area contributed by atoms with Crippen LogP contribution in [0.2, 0.25) is 0 Å². The van der Waals surface area contributed by atoms with Gasteiger partial charge in [0, 0.05) is 11.3 Å². The van der Waals surface area contributed by atoms with Crippen molar-refractivity contribution in [3.05, 3.63) is 30.1 Å². The zero-order chi connectivity index (χ0) is 14.0. The van der Waals surface area contributed by atoms with E-state index in [-0.39, 0.29) is 23.5 Å². The van der Waals surface area contributed by atoms with Crippen molar-refractivity contribution in [3.63, 3.8) is 0 Å². The summed E-state index contributed by atoms with van der Waals surface area (Å²) in [5.74, 6) is -0.953. The van der Waals surface area contributed by atoms with Crippen LogP contribution >= 0.6 is 11.8 Å². The summed E-state index contributed by atoms with van der Waals surface area (Å²) >= 11 is 1.58. The quantitative estimate of drug-likeness (QED) is 0.876. The second-order valence-corrected chi connectivity index (χ2v) is 5.43. The largest absolute Gasteiger partial charge is 0.478 e. The maximum Gasteiger partial charge on any atom is 0.335 e. The molecular formula is C13H16N2O3S. The molecule has 0 saturated heterocycles. The first-order valence-corrected chi connectivity index (χ1v) is 7.20. The Labute approximate surface area is 115 Å². The number of fused-ring (bicyclic) bond motifs is 1. The third kappa shape index (κ3) is 2.59.